The summed E-state index contributed by atoms with van der Waals surface area (Å²) in [7, 11) is 5.62. The Labute approximate surface area is 311 Å². The zero-order valence-corrected chi connectivity index (χ0v) is 30.0. The summed E-state index contributed by atoms with van der Waals surface area (Å²) in [6, 6.07) is 16.8. The van der Waals surface area contributed by atoms with Crippen LogP contribution in [0.2, 0.25) is 0 Å². The molecule has 294 valence electrons. The van der Waals surface area contributed by atoms with Crippen LogP contribution in [0.25, 0.3) is 0 Å². The predicted molar refractivity (Wildman–Crippen MR) is 184 cm³/mol. The summed E-state index contributed by atoms with van der Waals surface area (Å²) < 4.78 is 121. The number of carbonyl (C=O) groups is 2. The largest absolute Gasteiger partial charge is 0.573 e. The Morgan fingerprint density at radius 2 is 0.873 bits per heavy atom. The lowest BCUT2D eigenvalue weighted by atomic mass is 9.92. The highest BCUT2D eigenvalue weighted by Gasteiger charge is 2.36. The SMILES string of the molecule is COc1ccc(C(=O)COc2ccc(C3CCC(c4ccc(OCC(=O)c5ccc(OC)c(OC)c5)c(OC(F)(F)F)c4)C3)cc2OC(F)(F)F)cc1OC. The van der Waals surface area contributed by atoms with Gasteiger partial charge in [-0.3, -0.25) is 9.59 Å². The number of alkyl halides is 6. The van der Waals surface area contributed by atoms with Gasteiger partial charge in [0.1, 0.15) is 0 Å². The van der Waals surface area contributed by atoms with Gasteiger partial charge < -0.3 is 37.9 Å². The van der Waals surface area contributed by atoms with Crippen molar-refractivity contribution in [2.45, 2.75) is 43.8 Å². The Hall–Kier alpha value is -5.80. The molecule has 0 saturated heterocycles. The Morgan fingerprint density at radius 1 is 0.509 bits per heavy atom. The summed E-state index contributed by atoms with van der Waals surface area (Å²) in [5.41, 5.74) is 1.30. The van der Waals surface area contributed by atoms with E-state index >= 15 is 0 Å². The molecule has 4 aromatic carbocycles. The maximum absolute atomic E-state index is 13.5. The van der Waals surface area contributed by atoms with E-state index in [0.717, 1.165) is 0 Å². The molecule has 1 fully saturated rings. The first-order valence-corrected chi connectivity index (χ1v) is 16.7. The van der Waals surface area contributed by atoms with E-state index in [0.29, 0.717) is 41.9 Å². The van der Waals surface area contributed by atoms with Crippen molar-refractivity contribution in [1.82, 2.24) is 0 Å². The normalized spacial score (nSPS) is 15.5. The van der Waals surface area contributed by atoms with Gasteiger partial charge in [-0.1, -0.05) is 12.1 Å². The molecular weight excluding hydrogens is 742 g/mol. The highest BCUT2D eigenvalue weighted by molar-refractivity contribution is 5.98. The second kappa shape index (κ2) is 17.1. The summed E-state index contributed by atoms with van der Waals surface area (Å²) in [4.78, 5) is 25.7. The number of ether oxygens (including phenoxy) is 8. The second-order valence-corrected chi connectivity index (χ2v) is 12.3. The van der Waals surface area contributed by atoms with Crippen LogP contribution >= 0.6 is 0 Å². The van der Waals surface area contributed by atoms with Gasteiger partial charge in [0.25, 0.3) is 0 Å². The van der Waals surface area contributed by atoms with Crippen LogP contribution < -0.4 is 37.9 Å². The van der Waals surface area contributed by atoms with Crippen LogP contribution in [0.3, 0.4) is 0 Å². The first-order valence-electron chi connectivity index (χ1n) is 16.7. The van der Waals surface area contributed by atoms with Crippen LogP contribution in [0.1, 0.15) is 62.9 Å². The van der Waals surface area contributed by atoms with E-state index in [4.69, 9.17) is 28.4 Å². The fourth-order valence-corrected chi connectivity index (χ4v) is 6.26. The number of methoxy groups -OCH3 is 4. The number of hydrogen-bond acceptors (Lipinski definition) is 10. The van der Waals surface area contributed by atoms with E-state index in [1.54, 1.807) is 12.1 Å². The lowest BCUT2D eigenvalue weighted by Gasteiger charge is -2.19. The van der Waals surface area contributed by atoms with E-state index < -0.39 is 49.0 Å². The van der Waals surface area contributed by atoms with Gasteiger partial charge in [0.2, 0.25) is 0 Å². The number of ketones is 2. The van der Waals surface area contributed by atoms with E-state index in [-0.39, 0.29) is 46.0 Å². The van der Waals surface area contributed by atoms with Crippen LogP contribution in [-0.4, -0.2) is 65.9 Å². The molecule has 0 N–H and O–H groups in total. The molecule has 2 atom stereocenters. The second-order valence-electron chi connectivity index (χ2n) is 12.3. The first kappa shape index (κ1) is 40.4. The van der Waals surface area contributed by atoms with Crippen LogP contribution in [0, 0.1) is 0 Å². The highest BCUT2D eigenvalue weighted by Crippen LogP contribution is 2.47. The van der Waals surface area contributed by atoms with Crippen molar-refractivity contribution >= 4 is 11.6 Å². The predicted octanol–water partition coefficient (Wildman–Crippen LogP) is 9.09. The van der Waals surface area contributed by atoms with E-state index in [1.165, 1.54) is 89.1 Å². The van der Waals surface area contributed by atoms with Gasteiger partial charge in [-0.25, -0.2) is 0 Å². The van der Waals surface area contributed by atoms with Crippen molar-refractivity contribution in [3.8, 4) is 46.0 Å². The summed E-state index contributed by atoms with van der Waals surface area (Å²) in [6.45, 7) is -1.22. The average molecular weight is 779 g/mol. The van der Waals surface area contributed by atoms with E-state index in [1.807, 2.05) is 0 Å². The first-order chi connectivity index (χ1) is 26.1. The van der Waals surface area contributed by atoms with Crippen LogP contribution in [0.15, 0.2) is 72.8 Å². The Morgan fingerprint density at radius 3 is 1.22 bits per heavy atom. The van der Waals surface area contributed by atoms with Crippen molar-refractivity contribution in [2.75, 3.05) is 41.7 Å². The van der Waals surface area contributed by atoms with E-state index in [9.17, 15) is 35.9 Å². The molecule has 10 nitrogen and oxygen atoms in total. The fourth-order valence-electron chi connectivity index (χ4n) is 6.26. The number of Topliss-reactive ketones (excluding diaryl/α,β-unsaturated/α-hetero) is 2. The van der Waals surface area contributed by atoms with Crippen molar-refractivity contribution < 1.29 is 73.8 Å². The third kappa shape index (κ3) is 10.5. The van der Waals surface area contributed by atoms with Crippen molar-refractivity contribution in [2.24, 2.45) is 0 Å². The molecule has 0 heterocycles. The summed E-state index contributed by atoms with van der Waals surface area (Å²) in [5.74, 6) is -2.33. The van der Waals surface area contributed by atoms with E-state index in [2.05, 4.69) is 9.47 Å². The standard InChI is InChI=1S/C39H36F6O10/c1-48-30-11-9-26(18-34(30)50-3)28(46)20-52-32-13-7-24(16-36(32)54-38(40,41)42)22-5-6-23(15-22)25-8-14-33(37(17-25)55-39(43,44)45)53-21-29(47)27-10-12-31(49-2)35(19-27)51-4/h7-14,16-19,22-23H,5-6,15,20-21H2,1-4H3. The maximum atomic E-state index is 13.5. The Balaban J connectivity index is 1.30. The molecular formula is C39H36F6O10. The van der Waals surface area contributed by atoms with Gasteiger partial charge in [0.15, 0.2) is 70.8 Å². The molecule has 0 bridgehead atoms. The number of halogens is 6. The average Bonchev–Trinajstić information content (AvgIpc) is 3.65. The molecule has 0 aliphatic heterocycles. The Kier molecular flexibility index (Phi) is 12.6. The molecule has 55 heavy (non-hydrogen) atoms. The summed E-state index contributed by atoms with van der Waals surface area (Å²) >= 11 is 0. The van der Waals surface area contributed by atoms with Crippen molar-refractivity contribution in [3.05, 3.63) is 95.1 Å². The molecule has 1 aliphatic carbocycles. The molecule has 1 aliphatic rings. The smallest absolute Gasteiger partial charge is 0.493 e. The van der Waals surface area contributed by atoms with Crippen molar-refractivity contribution in [1.29, 1.82) is 0 Å². The molecule has 0 amide bonds. The Bertz CT molecular complexity index is 1850. The molecule has 2 unspecified atom stereocenters. The molecule has 4 aromatic rings. The summed E-state index contributed by atoms with van der Waals surface area (Å²) in [5, 5.41) is 0. The van der Waals surface area contributed by atoms with Gasteiger partial charge in [0, 0.05) is 11.1 Å². The third-order valence-electron chi connectivity index (χ3n) is 8.89. The minimum absolute atomic E-state index is 0.177. The molecule has 0 radical (unpaired) electrons. The van der Waals surface area contributed by atoms with Crippen LogP contribution in [-0.2, 0) is 0 Å². The minimum atomic E-state index is -5.08. The molecule has 1 saturated carbocycles. The monoisotopic (exact) mass is 778 g/mol. The van der Waals surface area contributed by atoms with Gasteiger partial charge >= 0.3 is 12.7 Å². The number of hydrogen-bond donors (Lipinski definition) is 0. The molecule has 5 rings (SSSR count). The highest BCUT2D eigenvalue weighted by atomic mass is 19.4. The van der Waals surface area contributed by atoms with Gasteiger partial charge in [-0.05, 0) is 103 Å². The van der Waals surface area contributed by atoms with Gasteiger partial charge in [-0.15, -0.1) is 26.3 Å². The van der Waals surface area contributed by atoms with Gasteiger partial charge in [0.05, 0.1) is 28.4 Å². The maximum Gasteiger partial charge on any atom is 0.573 e. The van der Waals surface area contributed by atoms with Crippen molar-refractivity contribution in [3.63, 3.8) is 0 Å². The zero-order valence-electron chi connectivity index (χ0n) is 30.0. The lowest BCUT2D eigenvalue weighted by Crippen LogP contribution is -2.19. The summed E-state index contributed by atoms with van der Waals surface area (Å²) in [6.07, 6.45) is -8.81. The fraction of sp³-hybridized carbons (Fsp3) is 0.333. The molecule has 16 heteroatoms. The topological polar surface area (TPSA) is 108 Å². The lowest BCUT2D eigenvalue weighted by molar-refractivity contribution is -0.276. The van der Waals surface area contributed by atoms with Gasteiger partial charge in [-0.2, -0.15) is 0 Å². The van der Waals surface area contributed by atoms with Crippen LogP contribution in [0.5, 0.6) is 46.0 Å². The quantitative estimate of drug-likeness (QED) is 0.0808. The molecule has 0 aromatic heterocycles. The molecule has 0 spiro atoms. The number of rotatable bonds is 16. The van der Waals surface area contributed by atoms with Crippen LogP contribution in [0.4, 0.5) is 26.3 Å². The minimum Gasteiger partial charge on any atom is -0.493 e. The zero-order chi connectivity index (χ0) is 39.9. The number of benzene rings is 4. The number of carbonyl (C=O) groups excluding carboxylic acids is 2. The third-order valence-corrected chi connectivity index (χ3v) is 8.89.